The van der Waals surface area contributed by atoms with Gasteiger partial charge in [-0.05, 0) is 53.3 Å². The molecule has 1 aromatic heterocycles. The van der Waals surface area contributed by atoms with E-state index in [2.05, 4.69) is 27.8 Å². The standard InChI is InChI=1S/C23H27FN6O4.CH4.5H2S/c1-13-5-7-14(8-6-13)19(23(33)29-10-17(24)21-20(29)18(31)11-34-21)26-22(32)15-3-2-4-16(9-15)30-12-25-27-28-30;;;;;;/h2-4,9,12-14,17,19-21H,5-8,10-11H2,1H3,(H,26,32);1H4;5*1H2/t13?,14?,17-,19-,20+,21+;;;;;;/m0....../s1. The van der Waals surface area contributed by atoms with Crippen LogP contribution in [0.5, 0.6) is 0 Å². The molecule has 4 atom stereocenters. The molecule has 3 aliphatic rings. The number of nitrogens with zero attached hydrogens (tertiary/aromatic N) is 5. The minimum atomic E-state index is -1.42. The third-order valence-corrected chi connectivity index (χ3v) is 7.21. The van der Waals surface area contributed by atoms with Gasteiger partial charge in [0.25, 0.3) is 5.91 Å². The number of carbonyl (C=O) groups is 3. The lowest BCUT2D eigenvalue weighted by Gasteiger charge is -2.35. The summed E-state index contributed by atoms with van der Waals surface area (Å²) in [6, 6.07) is 4.97. The summed E-state index contributed by atoms with van der Waals surface area (Å²) in [5.74, 6) is -0.682. The molecule has 3 fully saturated rings. The molecule has 0 radical (unpaired) electrons. The molecular formula is C24H41FN6O4S5. The quantitative estimate of drug-likeness (QED) is 0.525. The van der Waals surface area contributed by atoms with E-state index in [0.29, 0.717) is 17.2 Å². The highest BCUT2D eigenvalue weighted by Gasteiger charge is 2.54. The Bertz CT molecular complexity index is 1090. The van der Waals surface area contributed by atoms with Gasteiger partial charge in [-0.3, -0.25) is 14.4 Å². The molecule has 1 aliphatic carbocycles. The number of Topliss-reactive ketones (excluding diaryl/α,β-unsaturated/α-hetero) is 1. The second-order valence-corrected chi connectivity index (χ2v) is 9.47. The Balaban J connectivity index is 0. The van der Waals surface area contributed by atoms with Crippen LogP contribution in [0.25, 0.3) is 5.69 Å². The Labute approximate surface area is 269 Å². The highest BCUT2D eigenvalue weighted by molar-refractivity contribution is 7.60. The van der Waals surface area contributed by atoms with Crippen molar-refractivity contribution in [2.45, 2.75) is 64.4 Å². The van der Waals surface area contributed by atoms with E-state index in [1.54, 1.807) is 24.3 Å². The molecule has 1 N–H and O–H groups in total. The Morgan fingerprint density at radius 3 is 2.40 bits per heavy atom. The average Bonchev–Trinajstić information content (AvgIpc) is 3.58. The molecule has 40 heavy (non-hydrogen) atoms. The van der Waals surface area contributed by atoms with Crippen LogP contribution in [0.15, 0.2) is 30.6 Å². The number of benzene rings is 1. The number of ether oxygens (including phenoxy) is 1. The lowest BCUT2D eigenvalue weighted by Crippen LogP contribution is -2.55. The number of rotatable bonds is 5. The van der Waals surface area contributed by atoms with Crippen LogP contribution in [0.2, 0.25) is 0 Å². The molecule has 0 unspecified atom stereocenters. The van der Waals surface area contributed by atoms with Crippen molar-refractivity contribution in [3.63, 3.8) is 0 Å². The van der Waals surface area contributed by atoms with Crippen molar-refractivity contribution < 1.29 is 23.5 Å². The van der Waals surface area contributed by atoms with Crippen LogP contribution in [0.1, 0.15) is 50.4 Å². The van der Waals surface area contributed by atoms with Crippen molar-refractivity contribution in [1.29, 1.82) is 0 Å². The van der Waals surface area contributed by atoms with Gasteiger partial charge in [0.05, 0.1) is 12.2 Å². The summed E-state index contributed by atoms with van der Waals surface area (Å²) in [6.07, 6.45) is 2.51. The highest BCUT2D eigenvalue weighted by Crippen LogP contribution is 2.34. The molecule has 5 rings (SSSR count). The first-order valence-corrected chi connectivity index (χ1v) is 11.7. The number of ketones is 1. The summed E-state index contributed by atoms with van der Waals surface area (Å²) in [4.78, 5) is 40.6. The van der Waals surface area contributed by atoms with Crippen LogP contribution < -0.4 is 5.32 Å². The Morgan fingerprint density at radius 2 is 1.77 bits per heavy atom. The SMILES string of the molecule is C.CC1CCC([C@H](NC(=O)c2cccc(-n3cnnn3)c2)C(=O)N2C[C@H](F)[C@H]3OCC(=O)[C@H]32)CC1.S.S.S.S.S. The minimum Gasteiger partial charge on any atom is -0.365 e. The molecule has 3 heterocycles. The number of hydrogen-bond acceptors (Lipinski definition) is 7. The molecule has 0 bridgehead atoms. The third kappa shape index (κ3) is 8.31. The monoisotopic (exact) mass is 656 g/mol. The fraction of sp³-hybridized carbons (Fsp3) is 0.583. The Kier molecular flexibility index (Phi) is 17.8. The van der Waals surface area contributed by atoms with Crippen molar-refractivity contribution in [1.82, 2.24) is 30.4 Å². The van der Waals surface area contributed by atoms with Gasteiger partial charge in [0, 0.05) is 5.56 Å². The molecule has 2 aliphatic heterocycles. The first-order valence-electron chi connectivity index (χ1n) is 11.7. The van der Waals surface area contributed by atoms with E-state index in [1.807, 2.05) is 0 Å². The molecule has 2 saturated heterocycles. The van der Waals surface area contributed by atoms with E-state index in [1.165, 1.54) is 15.9 Å². The van der Waals surface area contributed by atoms with Gasteiger partial charge in [0.1, 0.15) is 37.3 Å². The van der Waals surface area contributed by atoms with E-state index < -0.39 is 36.2 Å². The van der Waals surface area contributed by atoms with Crippen molar-refractivity contribution in [2.24, 2.45) is 11.8 Å². The lowest BCUT2D eigenvalue weighted by molar-refractivity contribution is -0.139. The topological polar surface area (TPSA) is 119 Å². The molecule has 228 valence electrons. The summed E-state index contributed by atoms with van der Waals surface area (Å²) < 4.78 is 21.3. The van der Waals surface area contributed by atoms with Gasteiger partial charge >= 0.3 is 0 Å². The van der Waals surface area contributed by atoms with Crippen molar-refractivity contribution >= 4 is 85.1 Å². The van der Waals surface area contributed by atoms with Gasteiger partial charge in [-0.1, -0.05) is 33.3 Å². The molecule has 1 aromatic carbocycles. The van der Waals surface area contributed by atoms with Crippen LogP contribution in [0, 0.1) is 11.8 Å². The molecule has 10 nitrogen and oxygen atoms in total. The molecule has 2 amide bonds. The summed E-state index contributed by atoms with van der Waals surface area (Å²) >= 11 is 0. The first kappa shape index (κ1) is 40.7. The van der Waals surface area contributed by atoms with Crippen LogP contribution >= 0.6 is 67.5 Å². The predicted octanol–water partition coefficient (Wildman–Crippen LogP) is 2.30. The highest BCUT2D eigenvalue weighted by atomic mass is 32.1. The first-order chi connectivity index (χ1) is 16.4. The molecule has 1 saturated carbocycles. The second-order valence-electron chi connectivity index (χ2n) is 9.47. The summed E-state index contributed by atoms with van der Waals surface area (Å²) in [5.41, 5.74) is 0.946. The number of fused-ring (bicyclic) bond motifs is 1. The van der Waals surface area contributed by atoms with Gasteiger partial charge in [-0.15, -0.1) is 5.10 Å². The van der Waals surface area contributed by atoms with Crippen molar-refractivity contribution in [3.05, 3.63) is 36.2 Å². The van der Waals surface area contributed by atoms with Crippen LogP contribution in [0.3, 0.4) is 0 Å². The van der Waals surface area contributed by atoms with E-state index in [9.17, 15) is 18.8 Å². The Hall–Kier alpha value is -1.46. The smallest absolute Gasteiger partial charge is 0.252 e. The lowest BCUT2D eigenvalue weighted by atomic mass is 9.78. The number of alkyl halides is 1. The number of tetrazole rings is 1. The van der Waals surface area contributed by atoms with E-state index in [-0.39, 0.29) is 99.8 Å². The van der Waals surface area contributed by atoms with Gasteiger partial charge in [0.15, 0.2) is 5.78 Å². The average molecular weight is 657 g/mol. The number of nitrogens with one attached hydrogen (secondary N) is 1. The number of amides is 2. The van der Waals surface area contributed by atoms with Crippen molar-refractivity contribution in [3.8, 4) is 5.69 Å². The normalized spacial score (nSPS) is 25.2. The zero-order valence-corrected chi connectivity index (χ0v) is 26.3. The van der Waals surface area contributed by atoms with Gasteiger partial charge in [-0.25, -0.2) is 9.07 Å². The van der Waals surface area contributed by atoms with Gasteiger partial charge in [0.2, 0.25) is 5.91 Å². The fourth-order valence-electron chi connectivity index (χ4n) is 5.30. The number of likely N-dealkylation sites (tertiary alicyclic amines) is 1. The molecule has 0 spiro atoms. The largest absolute Gasteiger partial charge is 0.365 e. The molecular weight excluding hydrogens is 616 g/mol. The minimum absolute atomic E-state index is 0. The maximum absolute atomic E-state index is 14.5. The maximum Gasteiger partial charge on any atom is 0.252 e. The fourth-order valence-corrected chi connectivity index (χ4v) is 5.30. The Morgan fingerprint density at radius 1 is 1.10 bits per heavy atom. The zero-order chi connectivity index (χ0) is 23.8. The van der Waals surface area contributed by atoms with Crippen LogP contribution in [0.4, 0.5) is 4.39 Å². The molecule has 2 aromatic rings. The van der Waals surface area contributed by atoms with Crippen LogP contribution in [-0.2, 0) is 14.3 Å². The summed E-state index contributed by atoms with van der Waals surface area (Å²) in [6.45, 7) is 1.77. The van der Waals surface area contributed by atoms with Crippen LogP contribution in [-0.4, -0.2) is 80.2 Å². The summed E-state index contributed by atoms with van der Waals surface area (Å²) in [5, 5.41) is 14.0. The molecule has 16 heteroatoms. The number of carbonyl (C=O) groups excluding carboxylic acids is 3. The summed E-state index contributed by atoms with van der Waals surface area (Å²) in [7, 11) is 0. The van der Waals surface area contributed by atoms with E-state index in [0.717, 1.165) is 25.7 Å². The van der Waals surface area contributed by atoms with E-state index >= 15 is 0 Å². The predicted molar refractivity (Wildman–Crippen MR) is 175 cm³/mol. The maximum atomic E-state index is 14.5. The third-order valence-electron chi connectivity index (χ3n) is 7.21. The second kappa shape index (κ2) is 17.5. The zero-order valence-electron chi connectivity index (χ0n) is 21.3. The number of hydrogen-bond donors (Lipinski definition) is 1. The van der Waals surface area contributed by atoms with Gasteiger partial charge < -0.3 is 15.0 Å². The van der Waals surface area contributed by atoms with Crippen molar-refractivity contribution in [2.75, 3.05) is 13.2 Å². The van der Waals surface area contributed by atoms with Gasteiger partial charge in [-0.2, -0.15) is 67.5 Å². The number of halogens is 1. The van der Waals surface area contributed by atoms with E-state index in [4.69, 9.17) is 4.74 Å². The number of aromatic nitrogens is 4.